The summed E-state index contributed by atoms with van der Waals surface area (Å²) >= 11 is -3.55. The number of rotatable bonds is 2. The second-order valence-electron chi connectivity index (χ2n) is 0.943. The third-order valence-electron chi connectivity index (χ3n) is 0.296. The summed E-state index contributed by atoms with van der Waals surface area (Å²) in [5.41, 5.74) is 0. The minimum absolute atomic E-state index is 0. The Morgan fingerprint density at radius 1 is 1.50 bits per heavy atom. The van der Waals surface area contributed by atoms with Gasteiger partial charge in [-0.2, -0.15) is 0 Å². The van der Waals surface area contributed by atoms with E-state index >= 15 is 0 Å². The second kappa shape index (κ2) is 6.48. The first kappa shape index (κ1) is 12.1. The second-order valence-corrected chi connectivity index (χ2v) is 2.66. The van der Waals surface area contributed by atoms with Crippen LogP contribution in [-0.4, -0.2) is 60.0 Å². The molecule has 8 heavy (non-hydrogen) atoms. The van der Waals surface area contributed by atoms with E-state index in [1.165, 1.54) is 0 Å². The van der Waals surface area contributed by atoms with Crippen molar-refractivity contribution >= 4 is 54.9 Å². The number of hydrogen-bond acceptors (Lipinski definition) is 3. The fourth-order valence-electron chi connectivity index (χ4n) is 0.123. The maximum absolute atomic E-state index is 9.57. The predicted octanol–water partition coefficient (Wildman–Crippen LogP) is -1.12. The number of aliphatic carboxylic acids is 1. The van der Waals surface area contributed by atoms with Crippen molar-refractivity contribution in [2.24, 2.45) is 0 Å². The van der Waals surface area contributed by atoms with E-state index in [1.807, 2.05) is 0 Å². The molecule has 0 bridgehead atoms. The van der Waals surface area contributed by atoms with Crippen molar-refractivity contribution in [1.29, 1.82) is 0 Å². The molecule has 0 spiro atoms. The number of carboxylic acids is 1. The normalized spacial score (nSPS) is 7.00. The Balaban J connectivity index is 0. The van der Waals surface area contributed by atoms with Crippen LogP contribution in [0, 0.1) is 0 Å². The first-order valence-corrected chi connectivity index (χ1v) is 3.92. The van der Waals surface area contributed by atoms with E-state index in [0.717, 1.165) is 0 Å². The molecule has 0 amide bonds. The van der Waals surface area contributed by atoms with E-state index in [2.05, 4.69) is 0 Å². The standard InChI is InChI=1S/C2H3O2.Ba.2O.Ti.2H/c1-2(3)4;;;;;;/h1H2,(H,3,4);;;;;;. The van der Waals surface area contributed by atoms with Gasteiger partial charge in [-0.15, -0.1) is 0 Å². The summed E-state index contributed by atoms with van der Waals surface area (Å²) in [4.78, 5) is 9.45. The van der Waals surface area contributed by atoms with Crippen molar-refractivity contribution in [3.05, 3.63) is 0 Å². The Morgan fingerprint density at radius 3 is 1.88 bits per heavy atom. The quantitative estimate of drug-likeness (QED) is 0.650. The number of carbonyl (C=O) groups is 1. The van der Waals surface area contributed by atoms with Gasteiger partial charge in [0.1, 0.15) is 0 Å². The van der Waals surface area contributed by atoms with Crippen LogP contribution in [0.5, 0.6) is 0 Å². The Morgan fingerprint density at radius 2 is 1.88 bits per heavy atom. The third-order valence-corrected chi connectivity index (χ3v) is 1.22. The summed E-state index contributed by atoms with van der Waals surface area (Å²) in [7, 11) is 0. The Bertz CT molecular complexity index is 131. The first-order chi connectivity index (χ1) is 3.13. The Kier molecular flexibility index (Phi) is 9.77. The molecule has 0 atom stereocenters. The van der Waals surface area contributed by atoms with Gasteiger partial charge in [-0.05, 0) is 0 Å². The van der Waals surface area contributed by atoms with Crippen molar-refractivity contribution in [3.63, 3.8) is 0 Å². The van der Waals surface area contributed by atoms with Gasteiger partial charge in [-0.1, -0.05) is 0 Å². The molecule has 0 aromatic rings. The molecule has 0 aliphatic rings. The van der Waals surface area contributed by atoms with Gasteiger partial charge in [0.15, 0.2) is 0 Å². The molecule has 0 heterocycles. The molecule has 0 aromatic heterocycles. The summed E-state index contributed by atoms with van der Waals surface area (Å²) in [5, 5.41) is 7.73. The summed E-state index contributed by atoms with van der Waals surface area (Å²) in [6.07, 6.45) is 0. The molecule has 6 heteroatoms. The van der Waals surface area contributed by atoms with E-state index < -0.39 is 28.5 Å². The van der Waals surface area contributed by atoms with Crippen molar-refractivity contribution in [2.75, 3.05) is 0 Å². The van der Waals surface area contributed by atoms with Crippen LogP contribution in [0.15, 0.2) is 0 Å². The van der Waals surface area contributed by atoms with Gasteiger partial charge in [0, 0.05) is 0 Å². The molecule has 0 aromatic carbocycles. The average molecular weight is 278 g/mol. The molecule has 0 aliphatic carbocycles. The van der Waals surface area contributed by atoms with E-state index in [-0.39, 0.29) is 48.9 Å². The molecule has 0 unspecified atom stereocenters. The molecule has 4 nitrogen and oxygen atoms in total. The van der Waals surface area contributed by atoms with Crippen LogP contribution >= 0.6 is 0 Å². The summed E-state index contributed by atoms with van der Waals surface area (Å²) in [6, 6.07) is 0. The fraction of sp³-hybridized carbons (Fsp3) is 0.500. The molecule has 0 aliphatic heterocycles. The first-order valence-electron chi connectivity index (χ1n) is 1.54. The van der Waals surface area contributed by atoms with Crippen molar-refractivity contribution in [3.8, 4) is 0 Å². The summed E-state index contributed by atoms with van der Waals surface area (Å²) in [6.45, 7) is 0. The third kappa shape index (κ3) is 10.4. The van der Waals surface area contributed by atoms with Gasteiger partial charge in [-0.25, -0.2) is 0 Å². The molecule has 1 N–H and O–H groups in total. The summed E-state index contributed by atoms with van der Waals surface area (Å²) < 4.78 is 18.5. The maximum atomic E-state index is 9.57. The molecular weight excluding hydrogens is 273 g/mol. The zero-order valence-electron chi connectivity index (χ0n) is 3.38. The molecule has 0 fully saturated rings. The Labute approximate surface area is 92.2 Å². The van der Waals surface area contributed by atoms with E-state index in [0.29, 0.717) is 0 Å². The Hall–Kier alpha value is 1.36. The zero-order valence-corrected chi connectivity index (χ0v) is 4.94. The van der Waals surface area contributed by atoms with Crippen molar-refractivity contribution < 1.29 is 34.4 Å². The van der Waals surface area contributed by atoms with Gasteiger partial charge < -0.3 is 0 Å². The molecule has 0 saturated carbocycles. The van der Waals surface area contributed by atoms with Crippen LogP contribution < -0.4 is 0 Å². The molecule has 0 rings (SSSR count). The molecule has 0 radical (unpaired) electrons. The van der Waals surface area contributed by atoms with Crippen LogP contribution in [0.25, 0.3) is 0 Å². The van der Waals surface area contributed by atoms with Crippen LogP contribution in [0.1, 0.15) is 0 Å². The van der Waals surface area contributed by atoms with Gasteiger partial charge in [0.25, 0.3) is 0 Å². The van der Waals surface area contributed by atoms with Gasteiger partial charge >= 0.3 is 93.9 Å². The van der Waals surface area contributed by atoms with Crippen LogP contribution in [0.2, 0.25) is 4.73 Å². The van der Waals surface area contributed by atoms with E-state index in [4.69, 9.17) is 5.11 Å². The van der Waals surface area contributed by atoms with Crippen LogP contribution in [0.3, 0.4) is 0 Å². The summed E-state index contributed by atoms with van der Waals surface area (Å²) in [5.74, 6) is -1.26. The van der Waals surface area contributed by atoms with Crippen molar-refractivity contribution in [1.82, 2.24) is 0 Å². The van der Waals surface area contributed by atoms with E-state index in [9.17, 15) is 11.4 Å². The van der Waals surface area contributed by atoms with Gasteiger partial charge in [0.2, 0.25) is 0 Å². The van der Waals surface area contributed by atoms with Gasteiger partial charge in [-0.3, -0.25) is 0 Å². The van der Waals surface area contributed by atoms with E-state index in [1.54, 1.807) is 0 Å². The van der Waals surface area contributed by atoms with Crippen molar-refractivity contribution in [2.45, 2.75) is 4.73 Å². The van der Waals surface area contributed by atoms with Crippen LogP contribution in [0.4, 0.5) is 0 Å². The fourth-order valence-corrected chi connectivity index (χ4v) is 0.509. The SMILES string of the molecule is O=C(O)[CH2][Ti](=[O])=[O].[BaH2]. The van der Waals surface area contributed by atoms with Crippen LogP contribution in [-0.2, 0) is 29.3 Å². The van der Waals surface area contributed by atoms with Gasteiger partial charge in [0.05, 0.1) is 0 Å². The molecular formula is C2H5BaO4Ti. The minimum atomic E-state index is -3.55. The molecule has 43 valence electrons. The number of hydrogen-bond donors (Lipinski definition) is 1. The predicted molar refractivity (Wildman–Crippen MR) is 22.4 cm³/mol. The monoisotopic (exact) mass is 279 g/mol. The average Bonchev–Trinajstić information content (AvgIpc) is 1.27. The topological polar surface area (TPSA) is 71.4 Å². The zero-order chi connectivity index (χ0) is 5.86. The number of carboxylic acid groups (broad SMARTS) is 1. The molecule has 0 saturated heterocycles.